The second-order valence-electron chi connectivity index (χ2n) is 6.30. The van der Waals surface area contributed by atoms with E-state index in [1.54, 1.807) is 23.1 Å². The normalized spacial score (nSPS) is 11.2. The van der Waals surface area contributed by atoms with Gasteiger partial charge in [-0.2, -0.15) is 5.10 Å². The molecule has 7 nitrogen and oxygen atoms in total. The van der Waals surface area contributed by atoms with Gasteiger partial charge in [-0.05, 0) is 42.7 Å². The Hall–Kier alpha value is -3.39. The highest BCUT2D eigenvalue weighted by Crippen LogP contribution is 2.40. The highest BCUT2D eigenvalue weighted by molar-refractivity contribution is 7.12. The van der Waals surface area contributed by atoms with E-state index in [0.717, 1.165) is 11.1 Å². The number of carbonyl (C=O) groups is 1. The summed E-state index contributed by atoms with van der Waals surface area (Å²) in [4.78, 5) is 16.4. The monoisotopic (exact) mass is 379 g/mol. The van der Waals surface area contributed by atoms with Crippen molar-refractivity contribution in [3.05, 3.63) is 52.7 Å². The van der Waals surface area contributed by atoms with E-state index in [0.29, 0.717) is 27.2 Å². The van der Waals surface area contributed by atoms with E-state index in [1.807, 2.05) is 31.4 Å². The molecule has 1 amide bonds. The van der Waals surface area contributed by atoms with Crippen LogP contribution < -0.4 is 11.5 Å². The van der Waals surface area contributed by atoms with Crippen LogP contribution in [0.1, 0.15) is 21.5 Å². The number of thiazole rings is 1. The lowest BCUT2D eigenvalue weighted by Crippen LogP contribution is -2.15. The minimum absolute atomic E-state index is 0.161. The van der Waals surface area contributed by atoms with Crippen LogP contribution in [-0.2, 0) is 0 Å². The predicted octanol–water partition coefficient (Wildman–Crippen LogP) is 3.15. The molecular weight excluding hydrogens is 362 g/mol. The average Bonchev–Trinajstić information content (AvgIpc) is 3.27. The number of phenols is 1. The molecule has 2 aromatic carbocycles. The Balaban J connectivity index is 2.08. The van der Waals surface area contributed by atoms with Crippen LogP contribution in [0.15, 0.2) is 36.0 Å². The maximum atomic E-state index is 12.2. The number of primary amides is 1. The average molecular weight is 379 g/mol. The number of hydrogen-bond acceptors (Lipinski definition) is 6. The summed E-state index contributed by atoms with van der Waals surface area (Å²) in [6, 6.07) is 5.31. The van der Waals surface area contributed by atoms with Crippen LogP contribution in [0, 0.1) is 13.8 Å². The van der Waals surface area contributed by atoms with E-state index in [9.17, 15) is 9.90 Å². The number of phenolic OH excluding ortho intramolecular Hbond substituents is 1. The minimum atomic E-state index is -0.654. The van der Waals surface area contributed by atoms with Crippen molar-refractivity contribution in [2.75, 3.05) is 5.73 Å². The highest BCUT2D eigenvalue weighted by Gasteiger charge is 2.22. The first-order chi connectivity index (χ1) is 12.9. The van der Waals surface area contributed by atoms with Gasteiger partial charge in [0.15, 0.2) is 0 Å². The van der Waals surface area contributed by atoms with E-state index in [4.69, 9.17) is 11.5 Å². The molecule has 0 aliphatic heterocycles. The summed E-state index contributed by atoms with van der Waals surface area (Å²) in [7, 11) is 0. The van der Waals surface area contributed by atoms with Crippen LogP contribution >= 0.6 is 11.3 Å². The second kappa shape index (κ2) is 6.10. The van der Waals surface area contributed by atoms with E-state index in [-0.39, 0.29) is 17.0 Å². The van der Waals surface area contributed by atoms with Crippen LogP contribution in [0.5, 0.6) is 5.75 Å². The van der Waals surface area contributed by atoms with Crippen LogP contribution in [0.4, 0.5) is 5.69 Å². The third-order valence-electron chi connectivity index (χ3n) is 4.61. The number of nitrogens with zero attached hydrogens (tertiary/aromatic N) is 3. The van der Waals surface area contributed by atoms with Crippen molar-refractivity contribution in [2.24, 2.45) is 5.73 Å². The van der Waals surface area contributed by atoms with E-state index >= 15 is 0 Å². The Morgan fingerprint density at radius 1 is 1.30 bits per heavy atom. The van der Waals surface area contributed by atoms with E-state index in [1.165, 1.54) is 11.3 Å². The molecule has 4 rings (SSSR count). The lowest BCUT2D eigenvalue weighted by molar-refractivity contribution is 0.100. The first-order valence-electron chi connectivity index (χ1n) is 8.19. The predicted molar refractivity (Wildman–Crippen MR) is 106 cm³/mol. The maximum Gasteiger partial charge on any atom is 0.253 e. The lowest BCUT2D eigenvalue weighted by Gasteiger charge is -2.16. The maximum absolute atomic E-state index is 12.2. The van der Waals surface area contributed by atoms with Gasteiger partial charge in [0, 0.05) is 28.7 Å². The molecule has 0 atom stereocenters. The van der Waals surface area contributed by atoms with Gasteiger partial charge in [-0.1, -0.05) is 6.07 Å². The molecule has 27 heavy (non-hydrogen) atoms. The fourth-order valence-electron chi connectivity index (χ4n) is 3.32. The number of anilines is 1. The first-order valence-corrected chi connectivity index (χ1v) is 9.07. The zero-order valence-electron chi connectivity index (χ0n) is 14.7. The van der Waals surface area contributed by atoms with Crippen molar-refractivity contribution < 1.29 is 9.90 Å². The summed E-state index contributed by atoms with van der Waals surface area (Å²) in [5, 5.41) is 17.8. The quantitative estimate of drug-likeness (QED) is 0.472. The number of fused-ring (bicyclic) bond motifs is 1. The molecule has 0 saturated heterocycles. The van der Waals surface area contributed by atoms with Crippen molar-refractivity contribution in [1.29, 1.82) is 0 Å². The molecule has 0 aliphatic carbocycles. The van der Waals surface area contributed by atoms with Gasteiger partial charge >= 0.3 is 0 Å². The smallest absolute Gasteiger partial charge is 0.253 e. The molecule has 0 aliphatic rings. The van der Waals surface area contributed by atoms with E-state index < -0.39 is 5.91 Å². The molecule has 0 unspecified atom stereocenters. The van der Waals surface area contributed by atoms with Crippen molar-refractivity contribution in [3.8, 4) is 22.0 Å². The Morgan fingerprint density at radius 2 is 2.07 bits per heavy atom. The van der Waals surface area contributed by atoms with Crippen LogP contribution in [0.25, 0.3) is 27.2 Å². The molecular formula is C19H17N5O2S. The molecule has 0 bridgehead atoms. The number of aromatic hydroxyl groups is 1. The molecule has 2 aromatic heterocycles. The van der Waals surface area contributed by atoms with Gasteiger partial charge in [0.1, 0.15) is 11.3 Å². The van der Waals surface area contributed by atoms with Gasteiger partial charge in [0.05, 0.1) is 11.3 Å². The lowest BCUT2D eigenvalue weighted by atomic mass is 9.91. The number of carbonyl (C=O) groups excluding carboxylic acids is 1. The van der Waals surface area contributed by atoms with Crippen LogP contribution in [0.3, 0.4) is 0 Å². The van der Waals surface area contributed by atoms with Crippen molar-refractivity contribution in [1.82, 2.24) is 14.8 Å². The van der Waals surface area contributed by atoms with Crippen LogP contribution in [-0.4, -0.2) is 25.8 Å². The fourth-order valence-corrected chi connectivity index (χ4v) is 3.88. The van der Waals surface area contributed by atoms with Crippen LogP contribution in [0.2, 0.25) is 0 Å². The SMILES string of the molecule is Cc1ccc(O)c(C)c1-c1cc2cn(-c3nccs3)nc2c(C(N)=O)c1N. The van der Waals surface area contributed by atoms with E-state index in [2.05, 4.69) is 10.1 Å². The Kier molecular flexibility index (Phi) is 3.85. The topological polar surface area (TPSA) is 120 Å². The van der Waals surface area contributed by atoms with Gasteiger partial charge in [0.25, 0.3) is 5.91 Å². The van der Waals surface area contributed by atoms with Crippen molar-refractivity contribution in [2.45, 2.75) is 13.8 Å². The van der Waals surface area contributed by atoms with Gasteiger partial charge in [-0.25, -0.2) is 9.67 Å². The third kappa shape index (κ3) is 2.61. The zero-order valence-corrected chi connectivity index (χ0v) is 15.5. The number of aromatic nitrogens is 3. The van der Waals surface area contributed by atoms with Gasteiger partial charge in [-0.15, -0.1) is 11.3 Å². The van der Waals surface area contributed by atoms with Gasteiger partial charge < -0.3 is 16.6 Å². The number of aryl methyl sites for hydroxylation is 1. The molecule has 0 saturated carbocycles. The Labute approximate surface area is 158 Å². The molecule has 4 aromatic rings. The molecule has 0 radical (unpaired) electrons. The summed E-state index contributed by atoms with van der Waals surface area (Å²) in [5.74, 6) is -0.492. The molecule has 8 heteroatoms. The fraction of sp³-hybridized carbons (Fsp3) is 0.105. The third-order valence-corrected chi connectivity index (χ3v) is 5.38. The van der Waals surface area contributed by atoms with Crippen molar-refractivity contribution in [3.63, 3.8) is 0 Å². The molecule has 2 heterocycles. The largest absolute Gasteiger partial charge is 0.508 e. The Bertz CT molecular complexity index is 1200. The number of benzene rings is 2. The number of amides is 1. The number of nitrogens with two attached hydrogens (primary N) is 2. The Morgan fingerprint density at radius 3 is 2.74 bits per heavy atom. The van der Waals surface area contributed by atoms with Crippen molar-refractivity contribution >= 4 is 33.8 Å². The van der Waals surface area contributed by atoms with Gasteiger partial charge in [0.2, 0.25) is 5.13 Å². The number of hydrogen-bond donors (Lipinski definition) is 3. The number of nitrogen functional groups attached to an aromatic ring is 1. The standard InChI is InChI=1S/C19H17N5O2S/c1-9-3-4-13(25)10(2)14(9)12-7-11-8-24(19-22-5-6-27-19)23-17(11)15(16(12)20)18(21)26/h3-8,25H,20H2,1-2H3,(H2,21,26). The molecule has 0 fully saturated rings. The molecule has 136 valence electrons. The second-order valence-corrected chi connectivity index (χ2v) is 7.18. The number of rotatable bonds is 3. The highest BCUT2D eigenvalue weighted by atomic mass is 32.1. The summed E-state index contributed by atoms with van der Waals surface area (Å²) in [6.45, 7) is 3.73. The summed E-state index contributed by atoms with van der Waals surface area (Å²) in [6.07, 6.45) is 3.47. The molecule has 0 spiro atoms. The summed E-state index contributed by atoms with van der Waals surface area (Å²) < 4.78 is 1.60. The molecule has 5 N–H and O–H groups in total. The first kappa shape index (κ1) is 17.0. The van der Waals surface area contributed by atoms with Gasteiger partial charge in [-0.3, -0.25) is 4.79 Å². The summed E-state index contributed by atoms with van der Waals surface area (Å²) in [5.41, 5.74) is 15.9. The zero-order chi connectivity index (χ0) is 19.3. The summed E-state index contributed by atoms with van der Waals surface area (Å²) >= 11 is 1.43. The minimum Gasteiger partial charge on any atom is -0.508 e.